The lowest BCUT2D eigenvalue weighted by Gasteiger charge is -2.29. The summed E-state index contributed by atoms with van der Waals surface area (Å²) < 4.78 is 22.5. The first-order chi connectivity index (χ1) is 38.0. The van der Waals surface area contributed by atoms with Gasteiger partial charge in [-0.15, -0.1) is 0 Å². The van der Waals surface area contributed by atoms with Crippen LogP contribution in [0, 0.1) is 0 Å². The topological polar surface area (TPSA) is 186 Å². The Labute approximate surface area is 479 Å². The van der Waals surface area contributed by atoms with Gasteiger partial charge in [-0.05, 0) is 89.3 Å². The molecule has 2 unspecified atom stereocenters. The van der Waals surface area contributed by atoms with E-state index in [9.17, 15) is 34.5 Å². The molecule has 0 saturated heterocycles. The Hall–Kier alpha value is -6.24. The summed E-state index contributed by atoms with van der Waals surface area (Å²) in [6.07, 6.45) is 18.1. The number of carbonyl (C=O) groups excluding carboxylic acids is 4. The van der Waals surface area contributed by atoms with E-state index in [1.54, 1.807) is 24.3 Å². The fraction of sp³-hybridized carbons (Fsp3) is 0.529. The van der Waals surface area contributed by atoms with Crippen LogP contribution in [0.3, 0.4) is 0 Å². The van der Waals surface area contributed by atoms with E-state index in [0.717, 1.165) is 95.2 Å². The highest BCUT2D eigenvalue weighted by atomic mass is 16.5. The van der Waals surface area contributed by atoms with Crippen LogP contribution in [0.2, 0.25) is 0 Å². The molecule has 2 atom stereocenters. The van der Waals surface area contributed by atoms with Crippen LogP contribution in [0.1, 0.15) is 227 Å². The van der Waals surface area contributed by atoms with Crippen molar-refractivity contribution in [2.45, 2.75) is 207 Å². The largest absolute Gasteiger partial charge is 0.508 e. The van der Waals surface area contributed by atoms with Gasteiger partial charge in [0.15, 0.2) is 0 Å². The van der Waals surface area contributed by atoms with Gasteiger partial charge in [-0.2, -0.15) is 0 Å². The lowest BCUT2D eigenvalue weighted by atomic mass is 9.78. The highest BCUT2D eigenvalue weighted by molar-refractivity contribution is 5.84. The molecule has 12 nitrogen and oxygen atoms in total. The molecule has 0 aliphatic carbocycles. The number of hydrogen-bond donors (Lipinski definition) is 4. The molecule has 0 heterocycles. The molecule has 0 aromatic heterocycles. The molecule has 0 spiro atoms. The predicted octanol–water partition coefficient (Wildman–Crippen LogP) is 14.6. The normalized spacial score (nSPS) is 12.2. The smallest absolute Gasteiger partial charge is 0.335 e. The van der Waals surface area contributed by atoms with Gasteiger partial charge in [-0.25, -0.2) is 9.59 Å². The molecule has 0 aliphatic rings. The van der Waals surface area contributed by atoms with E-state index in [0.29, 0.717) is 61.5 Å². The van der Waals surface area contributed by atoms with Gasteiger partial charge in [0.05, 0.1) is 13.2 Å². The third-order valence-corrected chi connectivity index (χ3v) is 14.3. The van der Waals surface area contributed by atoms with Crippen LogP contribution < -0.4 is 9.47 Å². The van der Waals surface area contributed by atoms with E-state index in [1.807, 2.05) is 50.2 Å². The number of carbonyl (C=O) groups is 4. The van der Waals surface area contributed by atoms with Crippen LogP contribution in [0.5, 0.6) is 23.0 Å². The summed E-state index contributed by atoms with van der Waals surface area (Å²) in [4.78, 5) is 50.0. The zero-order valence-corrected chi connectivity index (χ0v) is 50.1. The van der Waals surface area contributed by atoms with Crippen molar-refractivity contribution in [1.82, 2.24) is 0 Å². The second-order valence-corrected chi connectivity index (χ2v) is 23.0. The van der Waals surface area contributed by atoms with Gasteiger partial charge in [-0.1, -0.05) is 195 Å². The minimum atomic E-state index is -0.576. The first kappa shape index (κ1) is 68.0. The van der Waals surface area contributed by atoms with Crippen molar-refractivity contribution in [3.05, 3.63) is 142 Å². The molecule has 0 saturated carbocycles. The van der Waals surface area contributed by atoms with Gasteiger partial charge in [0, 0.05) is 77.9 Å². The molecule has 0 radical (unpaired) electrons. The molecule has 440 valence electrons. The SMILES string of the molecule is C=CC(=O)Oc1c(C(C)c2cc(CCC(=O)OCCCCCCCC)cc(C(C)(C)C)c2O)cc(CCC(=O)OCCCCCCCC)cc1C(C)(C)C.C=CC(=O)Oc1ccc(CCO)cc1C(C)c1cc(CCO)ccc1O. The van der Waals surface area contributed by atoms with E-state index in [2.05, 4.69) is 68.5 Å². The average Bonchev–Trinajstić information content (AvgIpc) is 3.42. The fourth-order valence-corrected chi connectivity index (χ4v) is 9.57. The highest BCUT2D eigenvalue weighted by Gasteiger charge is 2.30. The number of aliphatic hydroxyl groups excluding tert-OH is 2. The van der Waals surface area contributed by atoms with Crippen molar-refractivity contribution in [3.63, 3.8) is 0 Å². The van der Waals surface area contributed by atoms with Crippen molar-refractivity contribution < 1.29 is 58.6 Å². The Balaban J connectivity index is 0.000000536. The van der Waals surface area contributed by atoms with Crippen LogP contribution in [-0.4, -0.2) is 70.7 Å². The zero-order chi connectivity index (χ0) is 59.4. The molecule has 0 aliphatic heterocycles. The van der Waals surface area contributed by atoms with Gasteiger partial charge in [-0.3, -0.25) is 9.59 Å². The highest BCUT2D eigenvalue weighted by Crippen LogP contribution is 2.46. The number of aryl methyl sites for hydroxylation is 2. The maximum atomic E-state index is 12.8. The minimum Gasteiger partial charge on any atom is -0.508 e. The van der Waals surface area contributed by atoms with E-state index >= 15 is 0 Å². The number of rotatable bonds is 32. The fourth-order valence-electron chi connectivity index (χ4n) is 9.57. The Kier molecular flexibility index (Phi) is 29.6. The standard InChI is InChI=1S/C47H72O7.C21H24O5/c1-11-14-16-18-20-22-28-52-42(49)26-24-35-30-37(44(51)39(32-35)46(5,6)7)34(4)38-31-36(25-27-43(50)53-29-23-21-19-17-15-12-2)33-40(47(8,9)10)45(38)54-41(48)13-3;1-3-21(25)26-20-7-5-16(9-11-23)13-18(20)14(2)17-12-15(8-10-22)4-6-19(17)24/h13,30-34,51H,3,11-12,14-29H2,1-2,4-10H3;3-7,12-14,22-24H,1,8-11H2,2H3. The summed E-state index contributed by atoms with van der Waals surface area (Å²) in [5, 5.41) is 40.5. The second-order valence-electron chi connectivity index (χ2n) is 23.0. The number of benzene rings is 4. The summed E-state index contributed by atoms with van der Waals surface area (Å²) >= 11 is 0. The number of unbranched alkanes of at least 4 members (excludes halogenated alkanes) is 10. The van der Waals surface area contributed by atoms with E-state index < -0.39 is 23.3 Å². The maximum absolute atomic E-state index is 12.8. The Morgan fingerprint density at radius 3 is 1.43 bits per heavy atom. The molecule has 0 bridgehead atoms. The Morgan fingerprint density at radius 1 is 0.512 bits per heavy atom. The number of phenols is 2. The number of ether oxygens (including phenoxy) is 4. The minimum absolute atomic E-state index is 0.0108. The number of hydrogen-bond acceptors (Lipinski definition) is 12. The van der Waals surface area contributed by atoms with E-state index in [4.69, 9.17) is 24.1 Å². The molecule has 4 N–H and O–H groups in total. The quantitative estimate of drug-likeness (QED) is 0.0157. The molecule has 4 aromatic rings. The third kappa shape index (κ3) is 22.7. The summed E-state index contributed by atoms with van der Waals surface area (Å²) in [5.41, 5.74) is 7.21. The number of aromatic hydroxyl groups is 2. The van der Waals surface area contributed by atoms with Crippen molar-refractivity contribution >= 4 is 23.9 Å². The molecule has 4 aromatic carbocycles. The van der Waals surface area contributed by atoms with Gasteiger partial charge in [0.25, 0.3) is 0 Å². The third-order valence-electron chi connectivity index (χ3n) is 14.3. The van der Waals surface area contributed by atoms with Crippen molar-refractivity contribution in [2.75, 3.05) is 26.4 Å². The molecular formula is C68H96O12. The predicted molar refractivity (Wildman–Crippen MR) is 320 cm³/mol. The van der Waals surface area contributed by atoms with Crippen molar-refractivity contribution in [2.24, 2.45) is 0 Å². The molecular weight excluding hydrogens is 1010 g/mol. The van der Waals surface area contributed by atoms with Crippen LogP contribution in [0.25, 0.3) is 0 Å². The number of aliphatic hydroxyl groups is 2. The lowest BCUT2D eigenvalue weighted by Crippen LogP contribution is -2.19. The lowest BCUT2D eigenvalue weighted by molar-refractivity contribution is -0.144. The zero-order valence-electron chi connectivity index (χ0n) is 50.1. The summed E-state index contributed by atoms with van der Waals surface area (Å²) in [7, 11) is 0. The van der Waals surface area contributed by atoms with Gasteiger partial charge >= 0.3 is 23.9 Å². The summed E-state index contributed by atoms with van der Waals surface area (Å²) in [6.45, 7) is 28.6. The van der Waals surface area contributed by atoms with Crippen molar-refractivity contribution in [1.29, 1.82) is 0 Å². The molecule has 4 rings (SSSR count). The Bertz CT molecular complexity index is 2610. The van der Waals surface area contributed by atoms with Gasteiger partial charge < -0.3 is 39.4 Å². The van der Waals surface area contributed by atoms with Crippen LogP contribution >= 0.6 is 0 Å². The first-order valence-corrected chi connectivity index (χ1v) is 29.2. The van der Waals surface area contributed by atoms with Crippen LogP contribution in [0.15, 0.2) is 86.0 Å². The molecule has 0 fully saturated rings. The molecule has 80 heavy (non-hydrogen) atoms. The van der Waals surface area contributed by atoms with E-state index in [1.165, 1.54) is 38.5 Å². The maximum Gasteiger partial charge on any atom is 0.335 e. The van der Waals surface area contributed by atoms with Gasteiger partial charge in [0.2, 0.25) is 0 Å². The first-order valence-electron chi connectivity index (χ1n) is 29.2. The van der Waals surface area contributed by atoms with Crippen LogP contribution in [-0.2, 0) is 65.2 Å². The second kappa shape index (κ2) is 34.8. The molecule has 0 amide bonds. The number of esters is 4. The molecule has 12 heteroatoms. The van der Waals surface area contributed by atoms with Crippen LogP contribution in [0.4, 0.5) is 0 Å². The monoisotopic (exact) mass is 1100 g/mol. The Morgan fingerprint density at radius 2 is 0.938 bits per heavy atom. The van der Waals surface area contributed by atoms with Crippen molar-refractivity contribution in [3.8, 4) is 23.0 Å². The average molecular weight is 1110 g/mol. The van der Waals surface area contributed by atoms with Gasteiger partial charge in [0.1, 0.15) is 23.0 Å². The van der Waals surface area contributed by atoms with E-state index in [-0.39, 0.29) is 60.8 Å². The summed E-state index contributed by atoms with van der Waals surface area (Å²) in [6, 6.07) is 18.5. The summed E-state index contributed by atoms with van der Waals surface area (Å²) in [5.74, 6) is -1.17. The number of phenolic OH excluding ortho intramolecular Hbond substituents is 2.